The van der Waals surface area contributed by atoms with E-state index in [-0.39, 0.29) is 11.6 Å². The third-order valence-corrected chi connectivity index (χ3v) is 6.78. The molecular weight excluding hydrogens is 426 g/mol. The Morgan fingerprint density at radius 3 is 2.50 bits per heavy atom. The van der Waals surface area contributed by atoms with Crippen LogP contribution in [0.2, 0.25) is 0 Å². The van der Waals surface area contributed by atoms with Crippen LogP contribution >= 0.6 is 11.8 Å². The normalized spacial score (nSPS) is 13.9. The predicted octanol–water partition coefficient (Wildman–Crippen LogP) is 3.84. The van der Waals surface area contributed by atoms with Crippen molar-refractivity contribution in [3.63, 3.8) is 0 Å². The van der Waals surface area contributed by atoms with Crippen LogP contribution in [-0.4, -0.2) is 57.2 Å². The number of imidazole rings is 1. The Morgan fingerprint density at radius 1 is 1.09 bits per heavy atom. The number of thioether (sulfide) groups is 1. The number of anilines is 1. The highest BCUT2D eigenvalue weighted by Gasteiger charge is 2.22. The fourth-order valence-corrected chi connectivity index (χ4v) is 4.66. The zero-order valence-electron chi connectivity index (χ0n) is 18.1. The Morgan fingerprint density at radius 2 is 1.81 bits per heavy atom. The Balaban J connectivity index is 1.33. The van der Waals surface area contributed by atoms with Crippen LogP contribution in [-0.2, 0) is 4.79 Å². The van der Waals surface area contributed by atoms with Crippen molar-refractivity contribution < 1.29 is 9.72 Å². The van der Waals surface area contributed by atoms with Gasteiger partial charge in [-0.25, -0.2) is 4.98 Å². The molecule has 0 unspecified atom stereocenters. The molecule has 32 heavy (non-hydrogen) atoms. The van der Waals surface area contributed by atoms with Gasteiger partial charge in [0.25, 0.3) is 5.69 Å². The summed E-state index contributed by atoms with van der Waals surface area (Å²) in [7, 11) is 0. The number of rotatable bonds is 6. The molecular formula is C23H25N5O3S. The molecule has 4 rings (SSSR count). The molecule has 0 spiro atoms. The molecule has 2 aromatic carbocycles. The molecule has 1 amide bonds. The van der Waals surface area contributed by atoms with E-state index in [0.29, 0.717) is 31.9 Å². The van der Waals surface area contributed by atoms with E-state index in [9.17, 15) is 14.9 Å². The van der Waals surface area contributed by atoms with Gasteiger partial charge in [-0.1, -0.05) is 23.9 Å². The van der Waals surface area contributed by atoms with Crippen LogP contribution in [0.1, 0.15) is 11.1 Å². The van der Waals surface area contributed by atoms with Crippen LogP contribution in [0.5, 0.6) is 0 Å². The van der Waals surface area contributed by atoms with Gasteiger partial charge in [-0.15, -0.1) is 0 Å². The van der Waals surface area contributed by atoms with E-state index in [1.165, 1.54) is 35.0 Å². The van der Waals surface area contributed by atoms with Gasteiger partial charge >= 0.3 is 0 Å². The summed E-state index contributed by atoms with van der Waals surface area (Å²) >= 11 is 1.45. The number of hydrogen-bond acceptors (Lipinski definition) is 6. The summed E-state index contributed by atoms with van der Waals surface area (Å²) < 4.78 is 2.03. The number of hydrogen-bond donors (Lipinski definition) is 0. The molecule has 1 saturated heterocycles. The van der Waals surface area contributed by atoms with Crippen molar-refractivity contribution in [3.05, 3.63) is 76.1 Å². The number of carbonyl (C=O) groups excluding carboxylic acids is 1. The summed E-state index contributed by atoms with van der Waals surface area (Å²) in [5, 5.41) is 11.6. The van der Waals surface area contributed by atoms with Gasteiger partial charge in [-0.05, 0) is 43.2 Å². The second kappa shape index (κ2) is 9.44. The van der Waals surface area contributed by atoms with Crippen LogP contribution in [0.4, 0.5) is 11.4 Å². The topological polar surface area (TPSA) is 84.5 Å². The fourth-order valence-electron chi connectivity index (χ4n) is 3.79. The van der Waals surface area contributed by atoms with Gasteiger partial charge in [0, 0.05) is 56.4 Å². The summed E-state index contributed by atoms with van der Waals surface area (Å²) in [5.74, 6) is 0.424. The van der Waals surface area contributed by atoms with Crippen LogP contribution in [0.25, 0.3) is 5.69 Å². The van der Waals surface area contributed by atoms with E-state index >= 15 is 0 Å². The van der Waals surface area contributed by atoms with E-state index in [0.717, 1.165) is 16.5 Å². The molecule has 2 heterocycles. The summed E-state index contributed by atoms with van der Waals surface area (Å²) in [6.07, 6.45) is 3.69. The molecule has 0 radical (unpaired) electrons. The van der Waals surface area contributed by atoms with Crippen molar-refractivity contribution in [3.8, 4) is 5.69 Å². The lowest BCUT2D eigenvalue weighted by Gasteiger charge is -2.36. The lowest BCUT2D eigenvalue weighted by Crippen LogP contribution is -2.49. The number of aromatic nitrogens is 2. The molecule has 9 heteroatoms. The number of amides is 1. The third kappa shape index (κ3) is 4.62. The van der Waals surface area contributed by atoms with E-state index < -0.39 is 4.92 Å². The fraction of sp³-hybridized carbons (Fsp3) is 0.304. The molecule has 0 atom stereocenters. The Kier molecular flexibility index (Phi) is 6.45. The number of piperazine rings is 1. The quantitative estimate of drug-likeness (QED) is 0.322. The maximum absolute atomic E-state index is 12.8. The van der Waals surface area contributed by atoms with E-state index in [4.69, 9.17) is 0 Å². The molecule has 0 aliphatic carbocycles. The van der Waals surface area contributed by atoms with Gasteiger partial charge in [0.15, 0.2) is 5.16 Å². The average Bonchev–Trinajstić information content (AvgIpc) is 3.28. The van der Waals surface area contributed by atoms with Crippen LogP contribution in [0.3, 0.4) is 0 Å². The lowest BCUT2D eigenvalue weighted by molar-refractivity contribution is -0.384. The molecule has 1 fully saturated rings. The maximum atomic E-state index is 12.8. The third-order valence-electron chi connectivity index (χ3n) is 5.83. The number of nitrogens with zero attached hydrogens (tertiary/aromatic N) is 5. The summed E-state index contributed by atoms with van der Waals surface area (Å²) in [6.45, 7) is 6.83. The first kappa shape index (κ1) is 21.9. The minimum atomic E-state index is -0.399. The highest BCUT2D eigenvalue weighted by Crippen LogP contribution is 2.25. The van der Waals surface area contributed by atoms with Crippen molar-refractivity contribution in [2.24, 2.45) is 0 Å². The van der Waals surface area contributed by atoms with Gasteiger partial charge in [-0.2, -0.15) is 0 Å². The number of non-ortho nitro benzene ring substituents is 1. The van der Waals surface area contributed by atoms with Crippen LogP contribution < -0.4 is 4.90 Å². The number of carbonyl (C=O) groups is 1. The standard InChI is InChI=1S/C23H25N5O3S/c1-17-4-3-5-21(18(17)2)27-11-10-24-23(27)32-16-22(29)26-14-12-25(13-15-26)19-6-8-20(9-7-19)28(30)31/h3-11H,12-16H2,1-2H3. The number of nitro groups is 1. The maximum Gasteiger partial charge on any atom is 0.269 e. The Bertz CT molecular complexity index is 1120. The summed E-state index contributed by atoms with van der Waals surface area (Å²) in [4.78, 5) is 31.7. The smallest absolute Gasteiger partial charge is 0.269 e. The van der Waals surface area contributed by atoms with E-state index in [2.05, 4.69) is 35.9 Å². The zero-order valence-corrected chi connectivity index (χ0v) is 18.9. The van der Waals surface area contributed by atoms with Crippen molar-refractivity contribution in [2.45, 2.75) is 19.0 Å². The zero-order chi connectivity index (χ0) is 22.7. The van der Waals surface area contributed by atoms with Crippen molar-refractivity contribution in [1.29, 1.82) is 0 Å². The van der Waals surface area contributed by atoms with Gasteiger partial charge in [0.05, 0.1) is 16.4 Å². The molecule has 8 nitrogen and oxygen atoms in total. The van der Waals surface area contributed by atoms with E-state index in [1.807, 2.05) is 21.7 Å². The van der Waals surface area contributed by atoms with Gasteiger partial charge < -0.3 is 9.80 Å². The van der Waals surface area contributed by atoms with Crippen LogP contribution in [0.15, 0.2) is 60.0 Å². The average molecular weight is 452 g/mol. The first-order chi connectivity index (χ1) is 15.4. The predicted molar refractivity (Wildman–Crippen MR) is 126 cm³/mol. The second-order valence-electron chi connectivity index (χ2n) is 7.73. The second-order valence-corrected chi connectivity index (χ2v) is 8.67. The minimum absolute atomic E-state index is 0.0822. The van der Waals surface area contributed by atoms with Gasteiger partial charge in [0.2, 0.25) is 5.91 Å². The first-order valence-corrected chi connectivity index (χ1v) is 11.4. The van der Waals surface area contributed by atoms with Crippen molar-refractivity contribution in [1.82, 2.24) is 14.5 Å². The Hall–Kier alpha value is -3.33. The molecule has 166 valence electrons. The SMILES string of the molecule is Cc1cccc(-n2ccnc2SCC(=O)N2CCN(c3ccc([N+](=O)[O-])cc3)CC2)c1C. The molecule has 0 bridgehead atoms. The highest BCUT2D eigenvalue weighted by atomic mass is 32.2. The monoisotopic (exact) mass is 451 g/mol. The van der Waals surface area contributed by atoms with E-state index in [1.54, 1.807) is 18.3 Å². The molecule has 3 aromatic rings. The van der Waals surface area contributed by atoms with Crippen LogP contribution in [0, 0.1) is 24.0 Å². The Labute approximate surface area is 191 Å². The van der Waals surface area contributed by atoms with Gasteiger partial charge in [-0.3, -0.25) is 19.5 Å². The number of nitro benzene ring substituents is 1. The largest absolute Gasteiger partial charge is 0.368 e. The molecule has 1 aromatic heterocycles. The summed E-state index contributed by atoms with van der Waals surface area (Å²) in [6, 6.07) is 12.7. The molecule has 0 saturated carbocycles. The van der Waals surface area contributed by atoms with Gasteiger partial charge in [0.1, 0.15) is 0 Å². The molecule has 1 aliphatic heterocycles. The summed E-state index contributed by atoms with van der Waals surface area (Å²) in [5.41, 5.74) is 4.51. The highest BCUT2D eigenvalue weighted by molar-refractivity contribution is 7.99. The van der Waals surface area contributed by atoms with Crippen molar-refractivity contribution in [2.75, 3.05) is 36.8 Å². The lowest BCUT2D eigenvalue weighted by atomic mass is 10.1. The number of aryl methyl sites for hydroxylation is 1. The number of benzene rings is 2. The molecule has 1 aliphatic rings. The first-order valence-electron chi connectivity index (χ1n) is 10.4. The minimum Gasteiger partial charge on any atom is -0.368 e. The van der Waals surface area contributed by atoms with Crippen molar-refractivity contribution >= 4 is 29.0 Å². The molecule has 0 N–H and O–H groups in total.